The van der Waals surface area contributed by atoms with Crippen molar-refractivity contribution < 1.29 is 9.59 Å². The van der Waals surface area contributed by atoms with Crippen LogP contribution in [0.25, 0.3) is 0 Å². The Kier molecular flexibility index (Phi) is 7.61. The molecule has 0 aliphatic carbocycles. The molecular weight excluding hydrogens is 374 g/mol. The van der Waals surface area contributed by atoms with E-state index in [0.717, 1.165) is 5.56 Å². The van der Waals surface area contributed by atoms with Crippen molar-refractivity contribution in [3.63, 3.8) is 0 Å². The Hall–Kier alpha value is -2.37. The monoisotopic (exact) mass is 401 g/mol. The molecule has 3 atom stereocenters. The van der Waals surface area contributed by atoms with E-state index >= 15 is 0 Å². The fourth-order valence-corrected chi connectivity index (χ4v) is 3.59. The minimum Gasteiger partial charge on any atom is -0.340 e. The van der Waals surface area contributed by atoms with Gasteiger partial charge in [0, 0.05) is 30.6 Å². The molecule has 2 aromatic carbocycles. The molecule has 0 saturated carbocycles. The Bertz CT molecular complexity index is 783. The van der Waals surface area contributed by atoms with Crippen LogP contribution in [0.2, 0.25) is 0 Å². The van der Waals surface area contributed by atoms with Crippen molar-refractivity contribution >= 4 is 24.2 Å². The first-order valence-electron chi connectivity index (χ1n) is 9.42. The molecule has 1 heterocycles. The minimum atomic E-state index is -0.570. The van der Waals surface area contributed by atoms with Gasteiger partial charge >= 0.3 is 0 Å². The van der Waals surface area contributed by atoms with Crippen LogP contribution in [0.15, 0.2) is 60.7 Å². The maximum absolute atomic E-state index is 13.1. The third-order valence-corrected chi connectivity index (χ3v) is 5.16. The van der Waals surface area contributed by atoms with E-state index in [-0.39, 0.29) is 42.1 Å². The van der Waals surface area contributed by atoms with E-state index in [1.165, 1.54) is 0 Å². The lowest BCUT2D eigenvalue weighted by Crippen LogP contribution is -2.51. The second kappa shape index (κ2) is 9.71. The Morgan fingerprint density at radius 1 is 1.00 bits per heavy atom. The van der Waals surface area contributed by atoms with E-state index < -0.39 is 6.04 Å². The smallest absolute Gasteiger partial charge is 0.251 e. The summed E-state index contributed by atoms with van der Waals surface area (Å²) in [7, 11) is 0. The molecule has 0 radical (unpaired) electrons. The van der Waals surface area contributed by atoms with Crippen LogP contribution in [0.1, 0.15) is 35.7 Å². The molecular formula is C22H28ClN3O2. The van der Waals surface area contributed by atoms with Gasteiger partial charge in [0.25, 0.3) is 5.91 Å². The number of carbonyl (C=O) groups excluding carboxylic acids is 2. The molecule has 28 heavy (non-hydrogen) atoms. The maximum atomic E-state index is 13.1. The summed E-state index contributed by atoms with van der Waals surface area (Å²) in [5, 5.41) is 2.91. The number of hydrogen-bond acceptors (Lipinski definition) is 3. The van der Waals surface area contributed by atoms with E-state index in [0.29, 0.717) is 18.7 Å². The van der Waals surface area contributed by atoms with E-state index in [4.69, 9.17) is 5.73 Å². The fourth-order valence-electron chi connectivity index (χ4n) is 3.59. The van der Waals surface area contributed by atoms with Crippen molar-refractivity contribution in [1.82, 2.24) is 10.2 Å². The summed E-state index contributed by atoms with van der Waals surface area (Å²) < 4.78 is 0. The quantitative estimate of drug-likeness (QED) is 0.808. The average molecular weight is 402 g/mol. The predicted octanol–water partition coefficient (Wildman–Crippen LogP) is 2.82. The lowest BCUT2D eigenvalue weighted by Gasteiger charge is -2.27. The molecule has 5 nitrogen and oxygen atoms in total. The molecule has 2 amide bonds. The van der Waals surface area contributed by atoms with Gasteiger partial charge in [-0.15, -0.1) is 12.4 Å². The van der Waals surface area contributed by atoms with Gasteiger partial charge in [0.05, 0.1) is 0 Å². The second-order valence-corrected chi connectivity index (χ2v) is 7.49. The molecule has 0 aromatic heterocycles. The van der Waals surface area contributed by atoms with Gasteiger partial charge in [0.2, 0.25) is 5.91 Å². The number of nitrogens with one attached hydrogen (secondary N) is 1. The van der Waals surface area contributed by atoms with Crippen LogP contribution in [-0.2, 0) is 4.79 Å². The third kappa shape index (κ3) is 4.91. The summed E-state index contributed by atoms with van der Waals surface area (Å²) >= 11 is 0. The molecule has 3 N–H and O–H groups in total. The van der Waals surface area contributed by atoms with Gasteiger partial charge in [0.1, 0.15) is 6.04 Å². The van der Waals surface area contributed by atoms with E-state index in [1.54, 1.807) is 17.0 Å². The summed E-state index contributed by atoms with van der Waals surface area (Å²) in [5.74, 6) is -0.195. The molecule has 6 heteroatoms. The van der Waals surface area contributed by atoms with Crippen molar-refractivity contribution in [1.29, 1.82) is 0 Å². The number of halogens is 1. The molecule has 1 fully saturated rings. The highest BCUT2D eigenvalue weighted by atomic mass is 35.5. The first kappa shape index (κ1) is 21.9. The summed E-state index contributed by atoms with van der Waals surface area (Å²) in [5.41, 5.74) is 8.03. The van der Waals surface area contributed by atoms with Crippen LogP contribution in [0.4, 0.5) is 0 Å². The van der Waals surface area contributed by atoms with E-state index in [1.807, 2.05) is 50.2 Å². The largest absolute Gasteiger partial charge is 0.340 e. The summed E-state index contributed by atoms with van der Waals surface area (Å²) in [6, 6.07) is 18.4. The minimum absolute atomic E-state index is 0. The molecule has 1 unspecified atom stereocenters. The topological polar surface area (TPSA) is 75.4 Å². The Morgan fingerprint density at radius 2 is 1.57 bits per heavy atom. The highest BCUT2D eigenvalue weighted by Crippen LogP contribution is 2.27. The Labute approximate surface area is 172 Å². The predicted molar refractivity (Wildman–Crippen MR) is 114 cm³/mol. The van der Waals surface area contributed by atoms with Gasteiger partial charge in [-0.2, -0.15) is 0 Å². The average Bonchev–Trinajstić information content (AvgIpc) is 3.08. The first-order valence-corrected chi connectivity index (χ1v) is 9.42. The fraction of sp³-hybridized carbons (Fsp3) is 0.364. The van der Waals surface area contributed by atoms with Crippen LogP contribution in [0.5, 0.6) is 0 Å². The Morgan fingerprint density at radius 3 is 2.14 bits per heavy atom. The summed E-state index contributed by atoms with van der Waals surface area (Å²) in [6.45, 7) is 4.97. The van der Waals surface area contributed by atoms with Gasteiger partial charge in [0.15, 0.2) is 0 Å². The van der Waals surface area contributed by atoms with Crippen molar-refractivity contribution in [3.05, 3.63) is 71.8 Å². The normalized spacial score (nSPS) is 19.8. The SMILES string of the molecule is CC(C)C(NC(=O)c1ccccc1)C(=O)N1C[C@@H](N)[C@H](c2ccccc2)C1.Cl. The van der Waals surface area contributed by atoms with Crippen LogP contribution >= 0.6 is 12.4 Å². The van der Waals surface area contributed by atoms with E-state index in [9.17, 15) is 9.59 Å². The molecule has 1 saturated heterocycles. The molecule has 0 bridgehead atoms. The van der Waals surface area contributed by atoms with Gasteiger partial charge in [-0.1, -0.05) is 62.4 Å². The molecule has 1 aliphatic heterocycles. The third-order valence-electron chi connectivity index (χ3n) is 5.16. The van der Waals surface area contributed by atoms with Crippen molar-refractivity contribution in [2.45, 2.75) is 31.8 Å². The van der Waals surface area contributed by atoms with Crippen molar-refractivity contribution in [2.75, 3.05) is 13.1 Å². The van der Waals surface area contributed by atoms with Gasteiger partial charge in [-0.05, 0) is 23.6 Å². The number of benzene rings is 2. The molecule has 1 aliphatic rings. The lowest BCUT2D eigenvalue weighted by atomic mass is 9.95. The number of amides is 2. The Balaban J connectivity index is 0.00000280. The number of likely N-dealkylation sites (tertiary alicyclic amines) is 1. The van der Waals surface area contributed by atoms with Crippen LogP contribution in [0, 0.1) is 5.92 Å². The van der Waals surface area contributed by atoms with Gasteiger partial charge in [-0.25, -0.2) is 0 Å². The maximum Gasteiger partial charge on any atom is 0.251 e. The summed E-state index contributed by atoms with van der Waals surface area (Å²) in [6.07, 6.45) is 0. The number of nitrogens with zero attached hydrogens (tertiary/aromatic N) is 1. The first-order chi connectivity index (χ1) is 13.0. The second-order valence-electron chi connectivity index (χ2n) is 7.49. The number of hydrogen-bond donors (Lipinski definition) is 2. The standard InChI is InChI=1S/C22H27N3O2.ClH/c1-15(2)20(24-21(26)17-11-7-4-8-12-17)22(27)25-13-18(19(23)14-25)16-9-5-3-6-10-16;/h3-12,15,18-20H,13-14,23H2,1-2H3,(H,24,26);1H/t18-,19+,20?;/m0./s1. The molecule has 2 aromatic rings. The van der Waals surface area contributed by atoms with Crippen molar-refractivity contribution in [2.24, 2.45) is 11.7 Å². The summed E-state index contributed by atoms with van der Waals surface area (Å²) in [4.78, 5) is 27.4. The van der Waals surface area contributed by atoms with Crippen molar-refractivity contribution in [3.8, 4) is 0 Å². The van der Waals surface area contributed by atoms with Crippen LogP contribution in [0.3, 0.4) is 0 Å². The highest BCUT2D eigenvalue weighted by molar-refractivity contribution is 5.97. The number of rotatable bonds is 5. The van der Waals surface area contributed by atoms with Crippen LogP contribution in [-0.4, -0.2) is 41.9 Å². The molecule has 0 spiro atoms. The number of nitrogens with two attached hydrogens (primary N) is 1. The molecule has 3 rings (SSSR count). The van der Waals surface area contributed by atoms with Crippen LogP contribution < -0.4 is 11.1 Å². The lowest BCUT2D eigenvalue weighted by molar-refractivity contribution is -0.133. The highest BCUT2D eigenvalue weighted by Gasteiger charge is 2.37. The zero-order chi connectivity index (χ0) is 19.4. The zero-order valence-corrected chi connectivity index (χ0v) is 17.1. The van der Waals surface area contributed by atoms with Gasteiger partial charge < -0.3 is 16.0 Å². The molecule has 150 valence electrons. The number of carbonyl (C=O) groups is 2. The zero-order valence-electron chi connectivity index (χ0n) is 16.2. The van der Waals surface area contributed by atoms with E-state index in [2.05, 4.69) is 17.4 Å². The van der Waals surface area contributed by atoms with Gasteiger partial charge in [-0.3, -0.25) is 9.59 Å².